The number of hydrogen-bond donors (Lipinski definition) is 1. The standard InChI is InChI=1S/C14H17BrN2O3/c1-16(2)13(18)9-17(3)12-8-11(15)6-4-10(12)5-7-14(19)20/h4-8H,9H2,1-3H3,(H,19,20)/b7-5+. The minimum Gasteiger partial charge on any atom is -0.478 e. The lowest BCUT2D eigenvalue weighted by molar-refractivity contribution is -0.131. The summed E-state index contributed by atoms with van der Waals surface area (Å²) in [5.74, 6) is -1.04. The maximum absolute atomic E-state index is 11.7. The van der Waals surface area contributed by atoms with Gasteiger partial charge in [0.25, 0.3) is 0 Å². The van der Waals surface area contributed by atoms with E-state index in [-0.39, 0.29) is 12.5 Å². The van der Waals surface area contributed by atoms with Crippen molar-refractivity contribution in [3.05, 3.63) is 34.3 Å². The molecule has 20 heavy (non-hydrogen) atoms. The molecule has 108 valence electrons. The molecule has 0 bridgehead atoms. The number of benzene rings is 1. The number of aliphatic carboxylic acids is 1. The van der Waals surface area contributed by atoms with E-state index in [0.717, 1.165) is 21.8 Å². The third kappa shape index (κ3) is 4.70. The first-order valence-electron chi connectivity index (χ1n) is 5.93. The molecule has 1 aromatic rings. The Morgan fingerprint density at radius 2 is 1.95 bits per heavy atom. The number of likely N-dealkylation sites (N-methyl/N-ethyl adjacent to an activating group) is 2. The molecule has 0 aromatic heterocycles. The van der Waals surface area contributed by atoms with Crippen LogP contribution in [0.25, 0.3) is 6.08 Å². The second-order valence-corrected chi connectivity index (χ2v) is 5.43. The Hall–Kier alpha value is -1.82. The van der Waals surface area contributed by atoms with Crippen LogP contribution in [-0.4, -0.2) is 49.6 Å². The monoisotopic (exact) mass is 340 g/mol. The fraction of sp³-hybridized carbons (Fsp3) is 0.286. The summed E-state index contributed by atoms with van der Waals surface area (Å²) in [6.45, 7) is 0.220. The fourth-order valence-electron chi connectivity index (χ4n) is 1.58. The Kier molecular flexibility index (Phi) is 5.76. The zero-order valence-electron chi connectivity index (χ0n) is 11.6. The van der Waals surface area contributed by atoms with Crippen molar-refractivity contribution in [3.63, 3.8) is 0 Å². The van der Waals surface area contributed by atoms with Gasteiger partial charge < -0.3 is 14.9 Å². The van der Waals surface area contributed by atoms with Gasteiger partial charge in [-0.15, -0.1) is 0 Å². The number of rotatable bonds is 5. The fourth-order valence-corrected chi connectivity index (χ4v) is 1.93. The molecule has 0 aliphatic heterocycles. The van der Waals surface area contributed by atoms with Crippen molar-refractivity contribution in [3.8, 4) is 0 Å². The van der Waals surface area contributed by atoms with E-state index in [1.54, 1.807) is 32.1 Å². The Balaban J connectivity index is 3.05. The van der Waals surface area contributed by atoms with Crippen LogP contribution in [0.15, 0.2) is 28.7 Å². The Morgan fingerprint density at radius 3 is 2.50 bits per heavy atom. The first-order valence-corrected chi connectivity index (χ1v) is 6.72. The topological polar surface area (TPSA) is 60.9 Å². The van der Waals surface area contributed by atoms with Crippen molar-refractivity contribution >= 4 is 39.6 Å². The number of carboxylic acid groups (broad SMARTS) is 1. The van der Waals surface area contributed by atoms with Crippen LogP contribution in [0.4, 0.5) is 5.69 Å². The third-order valence-corrected chi connectivity index (χ3v) is 3.17. The van der Waals surface area contributed by atoms with Crippen molar-refractivity contribution in [2.24, 2.45) is 0 Å². The van der Waals surface area contributed by atoms with Crippen LogP contribution >= 0.6 is 15.9 Å². The smallest absolute Gasteiger partial charge is 0.328 e. The van der Waals surface area contributed by atoms with Crippen molar-refractivity contribution < 1.29 is 14.7 Å². The summed E-state index contributed by atoms with van der Waals surface area (Å²) >= 11 is 3.38. The molecule has 0 unspecified atom stereocenters. The van der Waals surface area contributed by atoms with Gasteiger partial charge in [-0.2, -0.15) is 0 Å². The number of carbonyl (C=O) groups excluding carboxylic acids is 1. The Morgan fingerprint density at radius 1 is 1.30 bits per heavy atom. The molecule has 0 radical (unpaired) electrons. The SMILES string of the molecule is CN(C)C(=O)CN(C)c1cc(Br)ccc1/C=C/C(=O)O. The van der Waals surface area contributed by atoms with Gasteiger partial charge in [0.05, 0.1) is 6.54 Å². The molecule has 0 atom stereocenters. The normalized spacial score (nSPS) is 10.6. The van der Waals surface area contributed by atoms with Gasteiger partial charge >= 0.3 is 5.97 Å². The Bertz CT molecular complexity index is 541. The zero-order chi connectivity index (χ0) is 15.3. The van der Waals surface area contributed by atoms with E-state index in [9.17, 15) is 9.59 Å². The summed E-state index contributed by atoms with van der Waals surface area (Å²) in [4.78, 5) is 25.7. The van der Waals surface area contributed by atoms with E-state index in [0.29, 0.717) is 0 Å². The molecular weight excluding hydrogens is 324 g/mol. The average Bonchev–Trinajstić information content (AvgIpc) is 2.36. The van der Waals surface area contributed by atoms with Gasteiger partial charge in [0.1, 0.15) is 0 Å². The van der Waals surface area contributed by atoms with Crippen LogP contribution in [-0.2, 0) is 9.59 Å². The second kappa shape index (κ2) is 7.09. The summed E-state index contributed by atoms with van der Waals surface area (Å²) in [7, 11) is 5.19. The van der Waals surface area contributed by atoms with Gasteiger partial charge in [0.15, 0.2) is 0 Å². The van der Waals surface area contributed by atoms with Crippen molar-refractivity contribution in [1.82, 2.24) is 4.90 Å². The molecule has 0 aliphatic carbocycles. The van der Waals surface area contributed by atoms with Crippen LogP contribution in [0.3, 0.4) is 0 Å². The highest BCUT2D eigenvalue weighted by Crippen LogP contribution is 2.25. The zero-order valence-corrected chi connectivity index (χ0v) is 13.2. The lowest BCUT2D eigenvalue weighted by Crippen LogP contribution is -2.34. The number of carbonyl (C=O) groups is 2. The predicted molar refractivity (Wildman–Crippen MR) is 82.8 cm³/mol. The van der Waals surface area contributed by atoms with Gasteiger partial charge in [0, 0.05) is 37.4 Å². The quantitative estimate of drug-likeness (QED) is 0.833. The molecule has 6 heteroatoms. The summed E-state index contributed by atoms with van der Waals surface area (Å²) in [6.07, 6.45) is 2.59. The minimum atomic E-state index is -1.01. The van der Waals surface area contributed by atoms with E-state index in [4.69, 9.17) is 5.11 Å². The number of amides is 1. The Labute approximate surface area is 126 Å². The molecule has 1 rings (SSSR count). The molecule has 1 amide bonds. The summed E-state index contributed by atoms with van der Waals surface area (Å²) < 4.78 is 0.865. The lowest BCUT2D eigenvalue weighted by atomic mass is 10.1. The third-order valence-electron chi connectivity index (χ3n) is 2.68. The van der Waals surface area contributed by atoms with Gasteiger partial charge in [-0.25, -0.2) is 4.79 Å². The summed E-state index contributed by atoms with van der Waals surface area (Å²) in [5, 5.41) is 8.71. The molecule has 0 saturated carbocycles. The minimum absolute atomic E-state index is 0.0272. The first kappa shape index (κ1) is 16.2. The van der Waals surface area contributed by atoms with Crippen molar-refractivity contribution in [2.75, 3.05) is 32.6 Å². The molecule has 0 heterocycles. The number of hydrogen-bond acceptors (Lipinski definition) is 3. The number of nitrogens with zero attached hydrogens (tertiary/aromatic N) is 2. The van der Waals surface area contributed by atoms with Crippen LogP contribution in [0.1, 0.15) is 5.56 Å². The van der Waals surface area contributed by atoms with E-state index >= 15 is 0 Å². The van der Waals surface area contributed by atoms with Crippen molar-refractivity contribution in [2.45, 2.75) is 0 Å². The largest absolute Gasteiger partial charge is 0.478 e. The highest BCUT2D eigenvalue weighted by atomic mass is 79.9. The second-order valence-electron chi connectivity index (χ2n) is 4.52. The number of halogens is 1. The van der Waals surface area contributed by atoms with E-state index in [1.807, 2.05) is 12.1 Å². The molecule has 0 spiro atoms. The number of anilines is 1. The summed E-state index contributed by atoms with van der Waals surface area (Å²) in [6, 6.07) is 5.48. The summed E-state index contributed by atoms with van der Waals surface area (Å²) in [5.41, 5.74) is 1.52. The molecule has 0 saturated heterocycles. The average molecular weight is 341 g/mol. The molecule has 5 nitrogen and oxygen atoms in total. The maximum Gasteiger partial charge on any atom is 0.328 e. The van der Waals surface area contributed by atoms with Crippen LogP contribution in [0, 0.1) is 0 Å². The van der Waals surface area contributed by atoms with E-state index < -0.39 is 5.97 Å². The lowest BCUT2D eigenvalue weighted by Gasteiger charge is -2.23. The highest BCUT2D eigenvalue weighted by Gasteiger charge is 2.12. The highest BCUT2D eigenvalue weighted by molar-refractivity contribution is 9.10. The van der Waals surface area contributed by atoms with Gasteiger partial charge in [-0.1, -0.05) is 22.0 Å². The van der Waals surface area contributed by atoms with Gasteiger partial charge in [-0.05, 0) is 23.8 Å². The van der Waals surface area contributed by atoms with Crippen LogP contribution in [0.2, 0.25) is 0 Å². The predicted octanol–water partition coefficient (Wildman–Crippen LogP) is 2.07. The molecule has 1 N–H and O–H groups in total. The van der Waals surface area contributed by atoms with Gasteiger partial charge in [0.2, 0.25) is 5.91 Å². The molecule has 0 fully saturated rings. The van der Waals surface area contributed by atoms with Crippen LogP contribution < -0.4 is 4.90 Å². The first-order chi connectivity index (χ1) is 9.31. The molecule has 1 aromatic carbocycles. The molecule has 0 aliphatic rings. The maximum atomic E-state index is 11.7. The molecular formula is C14H17BrN2O3. The number of carboxylic acids is 1. The van der Waals surface area contributed by atoms with Crippen LogP contribution in [0.5, 0.6) is 0 Å². The van der Waals surface area contributed by atoms with E-state index in [1.165, 1.54) is 11.0 Å². The van der Waals surface area contributed by atoms with Crippen molar-refractivity contribution in [1.29, 1.82) is 0 Å². The van der Waals surface area contributed by atoms with Gasteiger partial charge in [-0.3, -0.25) is 4.79 Å². The van der Waals surface area contributed by atoms with E-state index in [2.05, 4.69) is 15.9 Å².